The lowest BCUT2D eigenvalue weighted by Crippen LogP contribution is -2.38. The molecule has 2 aromatic rings. The summed E-state index contributed by atoms with van der Waals surface area (Å²) in [6.45, 7) is 6.90. The second kappa shape index (κ2) is 13.4. The Bertz CT molecular complexity index is 611. The third kappa shape index (κ3) is 8.04. The lowest BCUT2D eigenvalue weighted by molar-refractivity contribution is 0.00676. The molecule has 0 amide bonds. The molecule has 0 saturated heterocycles. The number of aromatic nitrogens is 1. The lowest BCUT2D eigenvalue weighted by Gasteiger charge is -2.25. The number of nitrogens with zero attached hydrogens (tertiary/aromatic N) is 2. The number of rotatable bonds is 9. The van der Waals surface area contributed by atoms with Gasteiger partial charge in [-0.3, -0.25) is 4.98 Å². The molecule has 2 rings (SSSR count). The first kappa shape index (κ1) is 24.2. The van der Waals surface area contributed by atoms with Crippen molar-refractivity contribution >= 4 is 30.8 Å². The molecule has 1 atom stereocenters. The minimum Gasteiger partial charge on any atom is -0.490 e. The fraction of sp³-hybridized carbons (Fsp3) is 0.368. The zero-order valence-corrected chi connectivity index (χ0v) is 16.7. The Morgan fingerprint density at radius 2 is 1.77 bits per heavy atom. The quantitative estimate of drug-likeness (QED) is 0.597. The molecular weight excluding hydrogens is 375 g/mol. The number of esters is 1. The fourth-order valence-corrected chi connectivity index (χ4v) is 2.30. The van der Waals surface area contributed by atoms with Gasteiger partial charge in [0.1, 0.15) is 18.5 Å². The maximum atomic E-state index is 12.3. The molecular formula is C19H26Cl2N2O3. The Morgan fingerprint density at radius 1 is 1.08 bits per heavy atom. The number of ether oxygens (including phenoxy) is 2. The number of likely N-dealkylation sites (N-methyl/N-ethyl adjacent to an activating group) is 1. The van der Waals surface area contributed by atoms with Gasteiger partial charge in [-0.15, -0.1) is 24.8 Å². The second-order valence-corrected chi connectivity index (χ2v) is 5.38. The topological polar surface area (TPSA) is 51.7 Å². The van der Waals surface area contributed by atoms with Crippen LogP contribution in [0.15, 0.2) is 54.9 Å². The predicted molar refractivity (Wildman–Crippen MR) is 108 cm³/mol. The Kier molecular flexibility index (Phi) is 12.5. The van der Waals surface area contributed by atoms with Crippen molar-refractivity contribution in [2.45, 2.75) is 20.0 Å². The average Bonchev–Trinajstić information content (AvgIpc) is 2.65. The van der Waals surface area contributed by atoms with E-state index in [2.05, 4.69) is 23.7 Å². The molecule has 0 aliphatic rings. The van der Waals surface area contributed by atoms with Crippen LogP contribution in [0, 0.1) is 0 Å². The van der Waals surface area contributed by atoms with Crippen molar-refractivity contribution in [1.29, 1.82) is 0 Å². The van der Waals surface area contributed by atoms with Crippen molar-refractivity contribution in [3.05, 3.63) is 60.4 Å². The molecule has 5 nitrogen and oxygen atoms in total. The first-order valence-electron chi connectivity index (χ1n) is 8.24. The van der Waals surface area contributed by atoms with E-state index in [9.17, 15) is 4.79 Å². The number of benzene rings is 1. The number of carbonyl (C=O) groups excluding carboxylic acids is 1. The molecule has 0 spiro atoms. The molecule has 0 aliphatic heterocycles. The zero-order chi connectivity index (χ0) is 17.2. The van der Waals surface area contributed by atoms with E-state index in [1.165, 1.54) is 6.20 Å². The molecule has 0 aliphatic carbocycles. The van der Waals surface area contributed by atoms with Gasteiger partial charge in [-0.2, -0.15) is 0 Å². The van der Waals surface area contributed by atoms with Gasteiger partial charge in [0, 0.05) is 18.9 Å². The highest BCUT2D eigenvalue weighted by Crippen LogP contribution is 2.11. The Balaban J connectivity index is 0.00000312. The minimum atomic E-state index is -0.378. The summed E-state index contributed by atoms with van der Waals surface area (Å²) in [5.74, 6) is 0.386. The third-order valence-corrected chi connectivity index (χ3v) is 3.71. The largest absolute Gasteiger partial charge is 0.490 e. The number of hydrogen-bond donors (Lipinski definition) is 0. The van der Waals surface area contributed by atoms with Gasteiger partial charge >= 0.3 is 5.97 Å². The lowest BCUT2D eigenvalue weighted by atomic mass is 10.2. The Morgan fingerprint density at radius 3 is 2.35 bits per heavy atom. The number of para-hydroxylation sites is 1. The Hall–Kier alpha value is -1.82. The maximum absolute atomic E-state index is 12.3. The molecule has 1 aromatic carbocycles. The normalized spacial score (nSPS) is 11.0. The summed E-state index contributed by atoms with van der Waals surface area (Å²) in [5.41, 5.74) is 0.446. The zero-order valence-electron chi connectivity index (χ0n) is 15.0. The number of hydrogen-bond acceptors (Lipinski definition) is 5. The third-order valence-electron chi connectivity index (χ3n) is 3.71. The highest BCUT2D eigenvalue weighted by molar-refractivity contribution is 5.89. The van der Waals surface area contributed by atoms with Crippen molar-refractivity contribution < 1.29 is 14.3 Å². The highest BCUT2D eigenvalue weighted by Gasteiger charge is 2.19. The van der Waals surface area contributed by atoms with E-state index in [4.69, 9.17) is 9.47 Å². The summed E-state index contributed by atoms with van der Waals surface area (Å²) in [7, 11) is 0. The first-order chi connectivity index (χ1) is 11.7. The monoisotopic (exact) mass is 400 g/mol. The molecule has 1 unspecified atom stereocenters. The van der Waals surface area contributed by atoms with Crippen LogP contribution in [-0.2, 0) is 4.74 Å². The van der Waals surface area contributed by atoms with Crippen LogP contribution in [0.2, 0.25) is 0 Å². The highest BCUT2D eigenvalue weighted by atomic mass is 35.5. The van der Waals surface area contributed by atoms with Crippen LogP contribution >= 0.6 is 24.8 Å². The minimum absolute atomic E-state index is 0. The summed E-state index contributed by atoms with van der Waals surface area (Å²) < 4.78 is 11.4. The van der Waals surface area contributed by atoms with Gasteiger partial charge in [-0.05, 0) is 37.4 Å². The number of carbonyl (C=O) groups is 1. The van der Waals surface area contributed by atoms with E-state index in [-0.39, 0.29) is 36.9 Å². The first-order valence-corrected chi connectivity index (χ1v) is 8.24. The summed E-state index contributed by atoms with van der Waals surface area (Å²) in [6, 6.07) is 12.9. The predicted octanol–water partition coefficient (Wildman–Crippen LogP) is 3.87. The molecule has 144 valence electrons. The van der Waals surface area contributed by atoms with E-state index in [1.54, 1.807) is 18.3 Å². The van der Waals surface area contributed by atoms with Crippen molar-refractivity contribution in [3.8, 4) is 5.75 Å². The van der Waals surface area contributed by atoms with Crippen molar-refractivity contribution in [2.24, 2.45) is 0 Å². The van der Waals surface area contributed by atoms with Crippen molar-refractivity contribution in [3.63, 3.8) is 0 Å². The van der Waals surface area contributed by atoms with Crippen LogP contribution in [0.25, 0.3) is 0 Å². The summed E-state index contributed by atoms with van der Waals surface area (Å²) in [6.07, 6.45) is 2.79. The van der Waals surface area contributed by atoms with Crippen LogP contribution in [0.3, 0.4) is 0 Å². The molecule has 0 radical (unpaired) electrons. The van der Waals surface area contributed by atoms with E-state index in [0.717, 1.165) is 18.8 Å². The van der Waals surface area contributed by atoms with Crippen LogP contribution in [0.4, 0.5) is 0 Å². The second-order valence-electron chi connectivity index (χ2n) is 5.38. The van der Waals surface area contributed by atoms with Gasteiger partial charge in [0.15, 0.2) is 0 Å². The average molecular weight is 401 g/mol. The van der Waals surface area contributed by atoms with Gasteiger partial charge in [0.25, 0.3) is 0 Å². The number of halogens is 2. The Labute approximate surface area is 167 Å². The van der Waals surface area contributed by atoms with Crippen molar-refractivity contribution in [1.82, 2.24) is 9.88 Å². The number of pyridine rings is 1. The summed E-state index contributed by atoms with van der Waals surface area (Å²) in [4.78, 5) is 18.4. The van der Waals surface area contributed by atoms with Crippen LogP contribution in [0.1, 0.15) is 24.2 Å². The van der Waals surface area contributed by atoms with Gasteiger partial charge in [0.2, 0.25) is 0 Å². The summed E-state index contributed by atoms with van der Waals surface area (Å²) in [5, 5.41) is 0. The van der Waals surface area contributed by atoms with Gasteiger partial charge < -0.3 is 14.4 Å². The van der Waals surface area contributed by atoms with Gasteiger partial charge in [-0.25, -0.2) is 4.79 Å². The molecule has 0 N–H and O–H groups in total. The SMILES string of the molecule is CCN(CC)CC(COc1ccccc1)OC(=O)c1cccnc1.Cl.Cl. The van der Waals surface area contributed by atoms with Crippen LogP contribution in [-0.4, -0.2) is 48.2 Å². The standard InChI is InChI=1S/C19H24N2O3.2ClH/c1-3-21(4-2)14-18(15-23-17-10-6-5-7-11-17)24-19(22)16-9-8-12-20-13-16;;/h5-13,18H,3-4,14-15H2,1-2H3;2*1H. The van der Waals surface area contributed by atoms with Gasteiger partial charge in [0.05, 0.1) is 5.56 Å². The van der Waals surface area contributed by atoms with Crippen LogP contribution in [0.5, 0.6) is 5.75 Å². The smallest absolute Gasteiger partial charge is 0.340 e. The summed E-state index contributed by atoms with van der Waals surface area (Å²) >= 11 is 0. The molecule has 1 aromatic heterocycles. The van der Waals surface area contributed by atoms with E-state index >= 15 is 0 Å². The maximum Gasteiger partial charge on any atom is 0.340 e. The molecule has 1 heterocycles. The molecule has 0 bridgehead atoms. The van der Waals surface area contributed by atoms with E-state index in [0.29, 0.717) is 18.7 Å². The molecule has 7 heteroatoms. The van der Waals surface area contributed by atoms with E-state index in [1.807, 2.05) is 30.3 Å². The van der Waals surface area contributed by atoms with Crippen molar-refractivity contribution in [2.75, 3.05) is 26.2 Å². The fourth-order valence-electron chi connectivity index (χ4n) is 2.30. The molecule has 0 saturated carbocycles. The molecule has 0 fully saturated rings. The van der Waals surface area contributed by atoms with E-state index < -0.39 is 0 Å². The molecule has 26 heavy (non-hydrogen) atoms. The van der Waals surface area contributed by atoms with Crippen LogP contribution < -0.4 is 4.74 Å². The van der Waals surface area contributed by atoms with Gasteiger partial charge in [-0.1, -0.05) is 32.0 Å².